The van der Waals surface area contributed by atoms with Gasteiger partial charge in [-0.2, -0.15) is 0 Å². The van der Waals surface area contributed by atoms with Crippen molar-refractivity contribution in [2.24, 2.45) is 0 Å². The molecule has 1 atom stereocenters. The minimum atomic E-state index is -0.258. The second-order valence-corrected chi connectivity index (χ2v) is 4.51. The lowest BCUT2D eigenvalue weighted by Gasteiger charge is -2.30. The summed E-state index contributed by atoms with van der Waals surface area (Å²) in [6.07, 6.45) is 3.09. The second-order valence-electron chi connectivity index (χ2n) is 4.51. The Balaban J connectivity index is 2.16. The van der Waals surface area contributed by atoms with Gasteiger partial charge >= 0.3 is 0 Å². The maximum absolute atomic E-state index is 13.2. The average molecular weight is 205 g/mol. The molecule has 1 aromatic rings. The van der Waals surface area contributed by atoms with E-state index in [-0.39, 0.29) is 17.3 Å². The van der Waals surface area contributed by atoms with Gasteiger partial charge in [0.15, 0.2) is 0 Å². The number of rotatable bonds is 1. The van der Waals surface area contributed by atoms with Gasteiger partial charge in [-0.15, -0.1) is 0 Å². The van der Waals surface area contributed by atoms with Gasteiger partial charge in [-0.3, -0.25) is 0 Å². The Bertz CT molecular complexity index is 426. The van der Waals surface area contributed by atoms with Gasteiger partial charge in [-0.1, -0.05) is 6.07 Å². The second kappa shape index (κ2) is 2.89. The zero-order valence-electron chi connectivity index (χ0n) is 8.29. The van der Waals surface area contributed by atoms with Crippen molar-refractivity contribution in [1.82, 2.24) is 5.32 Å². The number of nitrogens with one attached hydrogen (secondary N) is 1. The molecule has 0 aromatic heterocycles. The number of hydrogen-bond acceptors (Lipinski definition) is 2. The van der Waals surface area contributed by atoms with Crippen LogP contribution in [0.25, 0.3) is 0 Å². The quantitative estimate of drug-likeness (QED) is 0.707. The van der Waals surface area contributed by atoms with Crippen LogP contribution in [0.15, 0.2) is 18.2 Å². The number of benzene rings is 1. The van der Waals surface area contributed by atoms with Crippen LogP contribution >= 0.6 is 0 Å². The predicted molar refractivity (Wildman–Crippen MR) is 54.1 cm³/mol. The van der Waals surface area contributed by atoms with Crippen molar-refractivity contribution < 1.29 is 9.18 Å². The van der Waals surface area contributed by atoms with E-state index in [1.165, 1.54) is 6.07 Å². The summed E-state index contributed by atoms with van der Waals surface area (Å²) in [4.78, 5) is 10.9. The number of carbonyl (C=O) groups excluding carboxylic acids is 1. The number of carbonyl (C=O) groups is 1. The highest BCUT2D eigenvalue weighted by atomic mass is 19.1. The lowest BCUT2D eigenvalue weighted by Crippen LogP contribution is -2.38. The normalized spacial score (nSPS) is 26.1. The molecule has 15 heavy (non-hydrogen) atoms. The Labute approximate surface area is 87.5 Å². The topological polar surface area (TPSA) is 29.1 Å². The van der Waals surface area contributed by atoms with Crippen LogP contribution in [0.4, 0.5) is 4.39 Å². The molecule has 1 unspecified atom stereocenters. The Hall–Kier alpha value is -1.22. The zero-order valence-corrected chi connectivity index (χ0v) is 8.29. The summed E-state index contributed by atoms with van der Waals surface area (Å²) in [6.45, 7) is 0.798. The van der Waals surface area contributed by atoms with E-state index in [4.69, 9.17) is 0 Å². The third-order valence-corrected chi connectivity index (χ3v) is 3.57. The largest absolute Gasteiger partial charge is 0.303 e. The van der Waals surface area contributed by atoms with Crippen molar-refractivity contribution >= 4 is 6.29 Å². The summed E-state index contributed by atoms with van der Waals surface area (Å²) >= 11 is 0. The Kier molecular flexibility index (Phi) is 1.74. The van der Waals surface area contributed by atoms with Crippen LogP contribution in [-0.4, -0.2) is 12.8 Å². The fourth-order valence-electron chi connectivity index (χ4n) is 2.49. The molecule has 0 amide bonds. The molecule has 0 saturated heterocycles. The third kappa shape index (κ3) is 1.23. The predicted octanol–water partition coefficient (Wildman–Crippen LogP) is 1.70. The number of hydrogen-bond donors (Lipinski definition) is 1. The summed E-state index contributed by atoms with van der Waals surface area (Å²) in [6, 6.07) is 4.50. The zero-order chi connectivity index (χ0) is 10.5. The average Bonchev–Trinajstić information content (AvgIpc) is 3.01. The molecule has 0 radical (unpaired) electrons. The van der Waals surface area contributed by atoms with Crippen LogP contribution < -0.4 is 5.32 Å². The summed E-state index contributed by atoms with van der Waals surface area (Å²) < 4.78 is 13.2. The van der Waals surface area contributed by atoms with E-state index in [1.54, 1.807) is 12.1 Å². The molecule has 78 valence electrons. The van der Waals surface area contributed by atoms with Crippen LogP contribution in [0, 0.1) is 5.82 Å². The lowest BCUT2D eigenvalue weighted by atomic mass is 9.84. The van der Waals surface area contributed by atoms with Crippen LogP contribution in [-0.2, 0) is 10.2 Å². The highest BCUT2D eigenvalue weighted by Gasteiger charge is 2.48. The lowest BCUT2D eigenvalue weighted by molar-refractivity contribution is -0.109. The first-order chi connectivity index (χ1) is 7.25. The fourth-order valence-corrected chi connectivity index (χ4v) is 2.49. The van der Waals surface area contributed by atoms with Gasteiger partial charge in [-0.25, -0.2) is 4.39 Å². The van der Waals surface area contributed by atoms with Crippen molar-refractivity contribution in [1.29, 1.82) is 0 Å². The van der Waals surface area contributed by atoms with E-state index in [0.717, 1.165) is 36.8 Å². The van der Waals surface area contributed by atoms with Crippen molar-refractivity contribution in [3.63, 3.8) is 0 Å². The van der Waals surface area contributed by atoms with E-state index >= 15 is 0 Å². The summed E-state index contributed by atoms with van der Waals surface area (Å²) in [5.41, 5.74) is 2.12. The third-order valence-electron chi connectivity index (χ3n) is 3.57. The van der Waals surface area contributed by atoms with Crippen molar-refractivity contribution in [3.05, 3.63) is 35.1 Å². The van der Waals surface area contributed by atoms with Crippen LogP contribution in [0.3, 0.4) is 0 Å². The molecule has 3 rings (SSSR count). The molecule has 1 saturated carbocycles. The Morgan fingerprint density at radius 1 is 1.47 bits per heavy atom. The van der Waals surface area contributed by atoms with Gasteiger partial charge in [0.25, 0.3) is 0 Å². The summed E-state index contributed by atoms with van der Waals surface area (Å²) in [7, 11) is 0. The van der Waals surface area contributed by atoms with E-state index in [9.17, 15) is 9.18 Å². The highest BCUT2D eigenvalue weighted by Crippen LogP contribution is 2.51. The van der Waals surface area contributed by atoms with Crippen molar-refractivity contribution in [2.75, 3.05) is 6.54 Å². The van der Waals surface area contributed by atoms with Gasteiger partial charge < -0.3 is 10.1 Å². The van der Waals surface area contributed by atoms with Crippen LogP contribution in [0.5, 0.6) is 0 Å². The number of fused-ring (bicyclic) bond motifs is 2. The first-order valence-electron chi connectivity index (χ1n) is 5.24. The molecule has 1 N–H and O–H groups in total. The number of aldehydes is 1. The van der Waals surface area contributed by atoms with Gasteiger partial charge in [0.1, 0.15) is 12.1 Å². The van der Waals surface area contributed by atoms with Gasteiger partial charge in [0, 0.05) is 12.0 Å². The van der Waals surface area contributed by atoms with E-state index in [0.29, 0.717) is 0 Å². The van der Waals surface area contributed by atoms with Crippen LogP contribution in [0.1, 0.15) is 30.0 Å². The molecular weight excluding hydrogens is 193 g/mol. The fraction of sp³-hybridized carbons (Fsp3) is 0.417. The van der Waals surface area contributed by atoms with Gasteiger partial charge in [0.05, 0.1) is 6.04 Å². The van der Waals surface area contributed by atoms with Crippen molar-refractivity contribution in [2.45, 2.75) is 24.3 Å². The summed E-state index contributed by atoms with van der Waals surface area (Å²) in [5.74, 6) is -0.202. The molecule has 1 fully saturated rings. The van der Waals surface area contributed by atoms with E-state index in [1.807, 2.05) is 0 Å². The molecule has 1 heterocycles. The molecule has 2 nitrogen and oxygen atoms in total. The van der Waals surface area contributed by atoms with Gasteiger partial charge in [-0.05, 0) is 36.1 Å². The minimum absolute atomic E-state index is 0.122. The maximum Gasteiger partial charge on any atom is 0.141 e. The van der Waals surface area contributed by atoms with E-state index < -0.39 is 0 Å². The molecular formula is C12H12FNO. The van der Waals surface area contributed by atoms with E-state index in [2.05, 4.69) is 5.32 Å². The molecule has 1 spiro atoms. The molecule has 1 aliphatic heterocycles. The first kappa shape index (κ1) is 9.04. The SMILES string of the molecule is O=CC1NCC2(CC2)c2cc(F)ccc21. The molecule has 1 aliphatic carbocycles. The maximum atomic E-state index is 13.2. The van der Waals surface area contributed by atoms with Gasteiger partial charge in [0.2, 0.25) is 0 Å². The Morgan fingerprint density at radius 2 is 2.27 bits per heavy atom. The number of halogens is 1. The smallest absolute Gasteiger partial charge is 0.141 e. The summed E-state index contributed by atoms with van der Waals surface area (Å²) in [5, 5.41) is 3.21. The Morgan fingerprint density at radius 3 is 2.93 bits per heavy atom. The first-order valence-corrected chi connectivity index (χ1v) is 5.24. The highest BCUT2D eigenvalue weighted by molar-refractivity contribution is 5.65. The van der Waals surface area contributed by atoms with Crippen molar-refractivity contribution in [3.8, 4) is 0 Å². The minimum Gasteiger partial charge on any atom is -0.303 e. The molecule has 0 bridgehead atoms. The molecule has 1 aromatic carbocycles. The van der Waals surface area contributed by atoms with Crippen LogP contribution in [0.2, 0.25) is 0 Å². The molecule has 3 heteroatoms. The standard InChI is InChI=1S/C12H12FNO/c13-8-1-2-9-10(5-8)12(3-4-12)7-14-11(9)6-15/h1-2,5-6,11,14H,3-4,7H2. The monoisotopic (exact) mass is 205 g/mol. The molecule has 2 aliphatic rings.